The molecule has 1 aromatic carbocycles. The van der Waals surface area contributed by atoms with Crippen molar-refractivity contribution in [1.82, 2.24) is 5.32 Å². The van der Waals surface area contributed by atoms with Gasteiger partial charge < -0.3 is 10.1 Å². The first kappa shape index (κ1) is 16.1. The van der Waals surface area contributed by atoms with E-state index in [4.69, 9.17) is 15.4 Å². The van der Waals surface area contributed by atoms with E-state index in [0.29, 0.717) is 29.8 Å². The first-order valence-electron chi connectivity index (χ1n) is 6.79. The van der Waals surface area contributed by atoms with Crippen molar-refractivity contribution in [2.75, 3.05) is 6.54 Å². The number of carbonyl (C=O) groups excluding carboxylic acids is 1. The lowest BCUT2D eigenvalue weighted by atomic mass is 10.1. The monoisotopic (exact) mass is 331 g/mol. The molecule has 1 N–H and O–H groups in total. The van der Waals surface area contributed by atoms with Gasteiger partial charge in [-0.05, 0) is 56.4 Å². The van der Waals surface area contributed by atoms with Gasteiger partial charge in [0.1, 0.15) is 5.75 Å². The Balaban J connectivity index is 2.28. The van der Waals surface area contributed by atoms with Crippen LogP contribution in [0.5, 0.6) is 5.75 Å². The van der Waals surface area contributed by atoms with Crippen LogP contribution in [0.3, 0.4) is 0 Å². The molecule has 0 aliphatic carbocycles. The number of ether oxygens (including phenoxy) is 1. The molecule has 0 saturated carbocycles. The minimum atomic E-state index is -3.79. The van der Waals surface area contributed by atoms with E-state index in [0.717, 1.165) is 12.8 Å². The van der Waals surface area contributed by atoms with Crippen LogP contribution in [0.2, 0.25) is 0 Å². The topological polar surface area (TPSA) is 72.5 Å². The first-order valence-corrected chi connectivity index (χ1v) is 9.10. The van der Waals surface area contributed by atoms with Crippen molar-refractivity contribution < 1.29 is 17.9 Å². The molecule has 116 valence electrons. The van der Waals surface area contributed by atoms with Gasteiger partial charge in [-0.3, -0.25) is 4.79 Å². The van der Waals surface area contributed by atoms with E-state index in [1.165, 1.54) is 0 Å². The minimum Gasteiger partial charge on any atom is -0.481 e. The largest absolute Gasteiger partial charge is 0.481 e. The zero-order valence-electron chi connectivity index (χ0n) is 12.0. The summed E-state index contributed by atoms with van der Waals surface area (Å²) in [4.78, 5) is 12.0. The Labute approximate surface area is 129 Å². The maximum Gasteiger partial charge on any atom is 0.261 e. The molecule has 21 heavy (non-hydrogen) atoms. The summed E-state index contributed by atoms with van der Waals surface area (Å²) in [5.74, 6) is 0.355. The normalized spacial score (nSPS) is 19.8. The Morgan fingerprint density at radius 2 is 1.86 bits per heavy atom. The zero-order valence-corrected chi connectivity index (χ0v) is 13.6. The van der Waals surface area contributed by atoms with Gasteiger partial charge in [0.05, 0.1) is 4.90 Å². The predicted molar refractivity (Wildman–Crippen MR) is 80.2 cm³/mol. The molecule has 0 aromatic heterocycles. The van der Waals surface area contributed by atoms with E-state index in [9.17, 15) is 13.2 Å². The summed E-state index contributed by atoms with van der Waals surface area (Å²) in [6.45, 7) is 3.98. The molecule has 7 heteroatoms. The fourth-order valence-corrected chi connectivity index (χ4v) is 4.17. The summed E-state index contributed by atoms with van der Waals surface area (Å²) in [5.41, 5.74) is 1.02. The number of hydrogen-bond acceptors (Lipinski definition) is 4. The highest BCUT2D eigenvalue weighted by molar-refractivity contribution is 8.13. The maximum absolute atomic E-state index is 11.9. The summed E-state index contributed by atoms with van der Waals surface area (Å²) in [5, 5.41) is 2.80. The summed E-state index contributed by atoms with van der Waals surface area (Å²) < 4.78 is 28.8. The summed E-state index contributed by atoms with van der Waals surface area (Å²) >= 11 is 0. The van der Waals surface area contributed by atoms with Crippen molar-refractivity contribution >= 4 is 25.6 Å². The highest BCUT2D eigenvalue weighted by Gasteiger charge is 2.24. The quantitative estimate of drug-likeness (QED) is 0.862. The molecule has 1 saturated heterocycles. The Hall–Kier alpha value is -1.27. The Morgan fingerprint density at radius 3 is 2.43 bits per heavy atom. The summed E-state index contributed by atoms with van der Waals surface area (Å²) in [7, 11) is 1.63. The molecule has 1 unspecified atom stereocenters. The smallest absolute Gasteiger partial charge is 0.261 e. The Kier molecular flexibility index (Phi) is 4.78. The van der Waals surface area contributed by atoms with E-state index in [1.54, 1.807) is 26.0 Å². The molecule has 5 nitrogen and oxygen atoms in total. The van der Waals surface area contributed by atoms with E-state index < -0.39 is 15.2 Å². The number of amides is 1. The standard InChI is InChI=1S/C14H18ClNO4S/c1-9-7-11(8-10(2)13(9)21(15,18)19)20-12-5-3-4-6-16-14(12)17/h7-8,12H,3-6H2,1-2H3,(H,16,17). The number of halogens is 1. The summed E-state index contributed by atoms with van der Waals surface area (Å²) in [6.07, 6.45) is 1.96. The van der Waals surface area contributed by atoms with Gasteiger partial charge in [-0.25, -0.2) is 8.42 Å². The van der Waals surface area contributed by atoms with Crippen molar-refractivity contribution in [2.45, 2.75) is 44.1 Å². The zero-order chi connectivity index (χ0) is 15.6. The highest BCUT2D eigenvalue weighted by Crippen LogP contribution is 2.29. The van der Waals surface area contributed by atoms with Gasteiger partial charge in [0.15, 0.2) is 6.10 Å². The van der Waals surface area contributed by atoms with E-state index >= 15 is 0 Å². The minimum absolute atomic E-state index is 0.0989. The lowest BCUT2D eigenvalue weighted by molar-refractivity contribution is -0.127. The molecule has 1 fully saturated rings. The molecule has 2 rings (SSSR count). The van der Waals surface area contributed by atoms with E-state index in [2.05, 4.69) is 5.32 Å². The fourth-order valence-electron chi connectivity index (χ4n) is 2.55. The third kappa shape index (κ3) is 3.89. The first-order chi connectivity index (χ1) is 9.79. The van der Waals surface area contributed by atoms with Crippen molar-refractivity contribution in [2.24, 2.45) is 0 Å². The van der Waals surface area contributed by atoms with Gasteiger partial charge in [0.25, 0.3) is 15.0 Å². The number of rotatable bonds is 3. The highest BCUT2D eigenvalue weighted by atomic mass is 35.7. The second-order valence-electron chi connectivity index (χ2n) is 5.22. The van der Waals surface area contributed by atoms with Crippen LogP contribution < -0.4 is 10.1 Å². The van der Waals surface area contributed by atoms with Crippen LogP contribution in [0.4, 0.5) is 0 Å². The van der Waals surface area contributed by atoms with Gasteiger partial charge >= 0.3 is 0 Å². The van der Waals surface area contributed by atoms with Gasteiger partial charge in [-0.1, -0.05) is 0 Å². The average molecular weight is 332 g/mol. The average Bonchev–Trinajstić information content (AvgIpc) is 2.52. The third-order valence-corrected chi connectivity index (χ3v) is 5.04. The van der Waals surface area contributed by atoms with Crippen LogP contribution in [0.25, 0.3) is 0 Å². The number of hydrogen-bond donors (Lipinski definition) is 1. The third-order valence-electron chi connectivity index (χ3n) is 3.44. The van der Waals surface area contributed by atoms with Crippen LogP contribution >= 0.6 is 10.7 Å². The van der Waals surface area contributed by atoms with E-state index in [1.807, 2.05) is 0 Å². The number of aryl methyl sites for hydroxylation is 2. The van der Waals surface area contributed by atoms with Gasteiger partial charge in [-0.2, -0.15) is 0 Å². The molecule has 1 aliphatic heterocycles. The van der Waals surface area contributed by atoms with Crippen molar-refractivity contribution in [3.63, 3.8) is 0 Å². The molecule has 0 radical (unpaired) electrons. The van der Waals surface area contributed by atoms with Gasteiger partial charge in [-0.15, -0.1) is 0 Å². The second kappa shape index (κ2) is 6.23. The lowest BCUT2D eigenvalue weighted by Crippen LogP contribution is -2.36. The maximum atomic E-state index is 11.9. The van der Waals surface area contributed by atoms with Gasteiger partial charge in [0, 0.05) is 17.2 Å². The van der Waals surface area contributed by atoms with Crippen molar-refractivity contribution in [3.05, 3.63) is 23.3 Å². The fraction of sp³-hybridized carbons (Fsp3) is 0.500. The number of benzene rings is 1. The van der Waals surface area contributed by atoms with Crippen LogP contribution in [-0.4, -0.2) is 27.0 Å². The van der Waals surface area contributed by atoms with Crippen LogP contribution in [0.1, 0.15) is 30.4 Å². The molecular formula is C14H18ClNO4S. The Bertz CT molecular complexity index is 634. The number of carbonyl (C=O) groups is 1. The molecule has 1 heterocycles. The number of nitrogens with one attached hydrogen (secondary N) is 1. The van der Waals surface area contributed by atoms with Crippen LogP contribution in [0.15, 0.2) is 17.0 Å². The molecule has 0 spiro atoms. The van der Waals surface area contributed by atoms with E-state index in [-0.39, 0.29) is 10.8 Å². The van der Waals surface area contributed by atoms with Crippen LogP contribution in [-0.2, 0) is 13.8 Å². The molecular weight excluding hydrogens is 314 g/mol. The molecule has 1 amide bonds. The van der Waals surface area contributed by atoms with Crippen LogP contribution in [0, 0.1) is 13.8 Å². The summed E-state index contributed by atoms with van der Waals surface area (Å²) in [6, 6.07) is 3.20. The van der Waals surface area contributed by atoms with Crippen molar-refractivity contribution in [3.8, 4) is 5.75 Å². The molecule has 1 aromatic rings. The molecule has 1 atom stereocenters. The van der Waals surface area contributed by atoms with Gasteiger partial charge in [0.2, 0.25) is 0 Å². The lowest BCUT2D eigenvalue weighted by Gasteiger charge is -2.17. The predicted octanol–water partition coefficient (Wildman–Crippen LogP) is 2.28. The van der Waals surface area contributed by atoms with Crippen molar-refractivity contribution in [1.29, 1.82) is 0 Å². The molecule has 1 aliphatic rings. The molecule has 0 bridgehead atoms. The Morgan fingerprint density at radius 1 is 1.24 bits per heavy atom. The second-order valence-corrected chi connectivity index (χ2v) is 7.72. The SMILES string of the molecule is Cc1cc(OC2CCCCNC2=O)cc(C)c1S(=O)(=O)Cl.